The molecule has 0 saturated carbocycles. The van der Waals surface area contributed by atoms with E-state index in [0.717, 1.165) is 27.5 Å². The summed E-state index contributed by atoms with van der Waals surface area (Å²) in [6.45, 7) is 0. The largest absolute Gasteiger partial charge is 0.398 e. The van der Waals surface area contributed by atoms with E-state index in [1.165, 1.54) is 0 Å². The monoisotopic (exact) mass is 328 g/mol. The summed E-state index contributed by atoms with van der Waals surface area (Å²) in [6, 6.07) is 11.2. The summed E-state index contributed by atoms with van der Waals surface area (Å²) >= 11 is 12.1. The lowest BCUT2D eigenvalue weighted by atomic mass is 10.1. The molecule has 2 aromatic heterocycles. The molecular weight excluding hydrogens is 319 g/mol. The molecule has 22 heavy (non-hydrogen) atoms. The van der Waals surface area contributed by atoms with E-state index >= 15 is 0 Å². The van der Waals surface area contributed by atoms with Crippen LogP contribution in [0.1, 0.15) is 0 Å². The Labute approximate surface area is 135 Å². The number of nitrogens with one attached hydrogen (secondary N) is 1. The van der Waals surface area contributed by atoms with Gasteiger partial charge in [0.05, 0.1) is 37.8 Å². The van der Waals surface area contributed by atoms with Crippen molar-refractivity contribution in [3.8, 4) is 11.4 Å². The summed E-state index contributed by atoms with van der Waals surface area (Å²) in [5.74, 6) is 0.643. The van der Waals surface area contributed by atoms with Gasteiger partial charge >= 0.3 is 0 Å². The Morgan fingerprint density at radius 2 is 1.77 bits per heavy atom. The van der Waals surface area contributed by atoms with Crippen molar-refractivity contribution in [2.24, 2.45) is 0 Å². The first-order chi connectivity index (χ1) is 10.6. The zero-order chi connectivity index (χ0) is 15.3. The predicted molar refractivity (Wildman–Crippen MR) is 91.3 cm³/mol. The zero-order valence-electron chi connectivity index (χ0n) is 11.3. The lowest BCUT2D eigenvalue weighted by molar-refractivity contribution is 1.31. The fourth-order valence-electron chi connectivity index (χ4n) is 2.48. The van der Waals surface area contributed by atoms with Crippen molar-refractivity contribution >= 4 is 50.8 Å². The molecule has 0 aliphatic heterocycles. The second-order valence-electron chi connectivity index (χ2n) is 4.97. The molecule has 108 valence electrons. The first-order valence-electron chi connectivity index (χ1n) is 6.62. The molecule has 0 bridgehead atoms. The lowest BCUT2D eigenvalue weighted by Crippen LogP contribution is -1.94. The molecule has 0 saturated heterocycles. The number of anilines is 1. The van der Waals surface area contributed by atoms with Crippen LogP contribution in [0.5, 0.6) is 0 Å². The Hall–Kier alpha value is -2.30. The topological polar surface area (TPSA) is 67.6 Å². The highest BCUT2D eigenvalue weighted by Crippen LogP contribution is 2.32. The Bertz CT molecular complexity index is 984. The van der Waals surface area contributed by atoms with Gasteiger partial charge in [0, 0.05) is 11.6 Å². The molecule has 2 heterocycles. The fourth-order valence-corrected chi connectivity index (χ4v) is 2.81. The van der Waals surface area contributed by atoms with Crippen LogP contribution in [0.3, 0.4) is 0 Å². The van der Waals surface area contributed by atoms with Gasteiger partial charge < -0.3 is 10.7 Å². The van der Waals surface area contributed by atoms with Crippen LogP contribution in [0.15, 0.2) is 42.6 Å². The van der Waals surface area contributed by atoms with Gasteiger partial charge in [0.25, 0.3) is 0 Å². The number of H-pyrrole nitrogens is 1. The maximum Gasteiger partial charge on any atom is 0.142 e. The maximum atomic E-state index is 6.28. The minimum absolute atomic E-state index is 0.469. The third kappa shape index (κ3) is 2.00. The highest BCUT2D eigenvalue weighted by molar-refractivity contribution is 6.42. The van der Waals surface area contributed by atoms with E-state index in [9.17, 15) is 0 Å². The van der Waals surface area contributed by atoms with Gasteiger partial charge in [-0.1, -0.05) is 41.4 Å². The van der Waals surface area contributed by atoms with Gasteiger partial charge in [-0.3, -0.25) is 4.98 Å². The van der Waals surface area contributed by atoms with E-state index in [4.69, 9.17) is 28.9 Å². The molecule has 0 aliphatic rings. The van der Waals surface area contributed by atoms with Crippen LogP contribution < -0.4 is 5.73 Å². The van der Waals surface area contributed by atoms with Crippen molar-refractivity contribution in [1.82, 2.24) is 15.0 Å². The highest BCUT2D eigenvalue weighted by atomic mass is 35.5. The van der Waals surface area contributed by atoms with E-state index in [1.54, 1.807) is 18.3 Å². The summed E-state index contributed by atoms with van der Waals surface area (Å²) < 4.78 is 0. The molecule has 4 nitrogen and oxygen atoms in total. The standard InChI is InChI=1S/C16H10Cl2N4/c17-10-5-13-14(6-11(10)18)22-16(21-13)9-7-20-12-4-2-1-3-8(12)15(9)19/h1-7H,(H2,19,20)(H,21,22). The van der Waals surface area contributed by atoms with Crippen molar-refractivity contribution in [2.45, 2.75) is 0 Å². The molecule has 6 heteroatoms. The second-order valence-corrected chi connectivity index (χ2v) is 5.79. The smallest absolute Gasteiger partial charge is 0.142 e. The van der Waals surface area contributed by atoms with Crippen molar-refractivity contribution in [3.05, 3.63) is 52.6 Å². The van der Waals surface area contributed by atoms with E-state index in [2.05, 4.69) is 15.0 Å². The molecule has 2 aromatic carbocycles. The van der Waals surface area contributed by atoms with Crippen LogP contribution in [0.2, 0.25) is 10.0 Å². The minimum Gasteiger partial charge on any atom is -0.398 e. The number of nitrogens with two attached hydrogens (primary N) is 1. The third-order valence-electron chi connectivity index (χ3n) is 3.60. The van der Waals surface area contributed by atoms with Crippen LogP contribution >= 0.6 is 23.2 Å². The number of hydrogen-bond acceptors (Lipinski definition) is 3. The SMILES string of the molecule is Nc1c(-c2nc3cc(Cl)c(Cl)cc3[nH]2)cnc2ccccc12. The van der Waals surface area contributed by atoms with E-state index < -0.39 is 0 Å². The molecule has 4 rings (SSSR count). The van der Waals surface area contributed by atoms with Gasteiger partial charge in [0.15, 0.2) is 0 Å². The number of benzene rings is 2. The third-order valence-corrected chi connectivity index (χ3v) is 4.32. The van der Waals surface area contributed by atoms with Crippen LogP contribution in [-0.2, 0) is 0 Å². The lowest BCUT2D eigenvalue weighted by Gasteiger charge is -2.05. The number of fused-ring (bicyclic) bond motifs is 2. The fraction of sp³-hybridized carbons (Fsp3) is 0. The molecule has 0 amide bonds. The number of imidazole rings is 1. The number of hydrogen-bond donors (Lipinski definition) is 2. The van der Waals surface area contributed by atoms with Crippen molar-refractivity contribution in [2.75, 3.05) is 5.73 Å². The number of nitrogen functional groups attached to an aromatic ring is 1. The number of pyridine rings is 1. The van der Waals surface area contributed by atoms with E-state index in [1.807, 2.05) is 24.3 Å². The Kier molecular flexibility index (Phi) is 2.96. The molecule has 0 aliphatic carbocycles. The van der Waals surface area contributed by atoms with Gasteiger partial charge in [-0.05, 0) is 18.2 Å². The highest BCUT2D eigenvalue weighted by Gasteiger charge is 2.13. The number of halogens is 2. The van der Waals surface area contributed by atoms with E-state index in [-0.39, 0.29) is 0 Å². The van der Waals surface area contributed by atoms with Gasteiger partial charge in [-0.2, -0.15) is 0 Å². The summed E-state index contributed by atoms with van der Waals surface area (Å²) in [5, 5.41) is 1.85. The number of rotatable bonds is 1. The van der Waals surface area contributed by atoms with Gasteiger partial charge in [-0.15, -0.1) is 0 Å². The van der Waals surface area contributed by atoms with Crippen LogP contribution in [0.25, 0.3) is 33.3 Å². The Balaban J connectivity index is 1.97. The number of nitrogens with zero attached hydrogens (tertiary/aromatic N) is 2. The maximum absolute atomic E-state index is 6.28. The summed E-state index contributed by atoms with van der Waals surface area (Å²) in [7, 11) is 0. The summed E-state index contributed by atoms with van der Waals surface area (Å²) in [4.78, 5) is 12.2. The molecule has 0 spiro atoms. The Morgan fingerprint density at radius 1 is 1.00 bits per heavy atom. The molecule has 3 N–H and O–H groups in total. The summed E-state index contributed by atoms with van der Waals surface area (Å²) in [5.41, 5.74) is 10.1. The second kappa shape index (κ2) is 4.87. The average Bonchev–Trinajstić information content (AvgIpc) is 2.91. The van der Waals surface area contributed by atoms with Crippen molar-refractivity contribution in [1.29, 1.82) is 0 Å². The molecule has 0 radical (unpaired) electrons. The van der Waals surface area contributed by atoms with Crippen molar-refractivity contribution in [3.63, 3.8) is 0 Å². The number of aromatic amines is 1. The molecular formula is C16H10Cl2N4. The van der Waals surface area contributed by atoms with E-state index in [0.29, 0.717) is 21.6 Å². The molecule has 0 fully saturated rings. The molecule has 0 unspecified atom stereocenters. The van der Waals surface area contributed by atoms with Gasteiger partial charge in [0.2, 0.25) is 0 Å². The minimum atomic E-state index is 0.469. The van der Waals surface area contributed by atoms with Gasteiger partial charge in [-0.25, -0.2) is 4.98 Å². The normalized spacial score (nSPS) is 11.4. The van der Waals surface area contributed by atoms with Crippen LogP contribution in [0, 0.1) is 0 Å². The predicted octanol–water partition coefficient (Wildman–Crippen LogP) is 4.67. The first kappa shape index (κ1) is 13.4. The van der Waals surface area contributed by atoms with Crippen molar-refractivity contribution < 1.29 is 0 Å². The number of aromatic nitrogens is 3. The quantitative estimate of drug-likeness (QED) is 0.533. The van der Waals surface area contributed by atoms with Gasteiger partial charge in [0.1, 0.15) is 5.82 Å². The summed E-state index contributed by atoms with van der Waals surface area (Å²) in [6.07, 6.45) is 1.72. The number of para-hydroxylation sites is 1. The Morgan fingerprint density at radius 3 is 2.64 bits per heavy atom. The first-order valence-corrected chi connectivity index (χ1v) is 7.37. The molecule has 0 atom stereocenters. The van der Waals surface area contributed by atoms with Crippen LogP contribution in [-0.4, -0.2) is 15.0 Å². The zero-order valence-corrected chi connectivity index (χ0v) is 12.8. The molecule has 4 aromatic rings. The average molecular weight is 329 g/mol. The van der Waals surface area contributed by atoms with Crippen LogP contribution in [0.4, 0.5) is 5.69 Å².